The maximum Gasteiger partial charge on any atom is 0.339 e. The Bertz CT molecular complexity index is 537. The molecule has 0 amide bonds. The largest absolute Gasteiger partial charge is 0.478 e. The first-order valence-corrected chi connectivity index (χ1v) is 7.81. The fourth-order valence-electron chi connectivity index (χ4n) is 3.33. The maximum absolute atomic E-state index is 11.5. The highest BCUT2D eigenvalue weighted by atomic mass is 16.5. The Kier molecular flexibility index (Phi) is 4.10. The number of pyridine rings is 1. The first-order chi connectivity index (χ1) is 10.2. The zero-order valence-corrected chi connectivity index (χ0v) is 12.5. The van der Waals surface area contributed by atoms with Gasteiger partial charge in [0, 0.05) is 25.4 Å². The Balaban J connectivity index is 1.83. The third-order valence-electron chi connectivity index (χ3n) is 4.40. The van der Waals surface area contributed by atoms with Crippen molar-refractivity contribution in [2.75, 3.05) is 24.6 Å². The molecule has 0 saturated carbocycles. The highest BCUT2D eigenvalue weighted by Crippen LogP contribution is 2.29. The number of aryl methyl sites for hydroxylation is 2. The molecule has 0 aromatic carbocycles. The van der Waals surface area contributed by atoms with Gasteiger partial charge in [-0.05, 0) is 50.7 Å². The molecule has 5 heteroatoms. The number of anilines is 1. The van der Waals surface area contributed by atoms with Gasteiger partial charge >= 0.3 is 5.97 Å². The van der Waals surface area contributed by atoms with E-state index in [1.54, 1.807) is 0 Å². The summed E-state index contributed by atoms with van der Waals surface area (Å²) in [5.41, 5.74) is 2.55. The van der Waals surface area contributed by atoms with Gasteiger partial charge in [0.2, 0.25) is 0 Å². The molecule has 3 rings (SSSR count). The summed E-state index contributed by atoms with van der Waals surface area (Å²) in [5.74, 6) is -0.225. The van der Waals surface area contributed by atoms with Crippen LogP contribution in [0.4, 0.5) is 5.82 Å². The molecule has 0 radical (unpaired) electrons. The summed E-state index contributed by atoms with van der Waals surface area (Å²) in [7, 11) is 0. The van der Waals surface area contributed by atoms with Crippen LogP contribution in [0.25, 0.3) is 0 Å². The van der Waals surface area contributed by atoms with Crippen molar-refractivity contribution >= 4 is 11.8 Å². The number of nitrogens with zero attached hydrogens (tertiary/aromatic N) is 2. The summed E-state index contributed by atoms with van der Waals surface area (Å²) in [6.45, 7) is 4.38. The Morgan fingerprint density at radius 1 is 1.43 bits per heavy atom. The summed E-state index contributed by atoms with van der Waals surface area (Å²) in [6.07, 6.45) is 5.18. The molecule has 0 bridgehead atoms. The quantitative estimate of drug-likeness (QED) is 0.921. The first-order valence-electron chi connectivity index (χ1n) is 7.81. The molecular weight excluding hydrogens is 268 g/mol. The molecule has 0 unspecified atom stereocenters. The lowest BCUT2D eigenvalue weighted by molar-refractivity contribution is 0.0458. The number of aromatic nitrogens is 1. The second-order valence-corrected chi connectivity index (χ2v) is 5.77. The highest BCUT2D eigenvalue weighted by Gasteiger charge is 2.26. The molecule has 1 saturated heterocycles. The minimum Gasteiger partial charge on any atom is -0.478 e. The molecule has 5 nitrogen and oxygen atoms in total. The van der Waals surface area contributed by atoms with E-state index in [4.69, 9.17) is 4.74 Å². The second kappa shape index (κ2) is 6.02. The fraction of sp³-hybridized carbons (Fsp3) is 0.625. The van der Waals surface area contributed by atoms with Crippen molar-refractivity contribution < 1.29 is 14.6 Å². The number of piperidine rings is 1. The van der Waals surface area contributed by atoms with Crippen molar-refractivity contribution in [3.8, 4) is 0 Å². The van der Waals surface area contributed by atoms with Crippen molar-refractivity contribution in [1.82, 2.24) is 4.98 Å². The number of carboxylic acid groups (broad SMARTS) is 1. The van der Waals surface area contributed by atoms with Gasteiger partial charge in [-0.1, -0.05) is 0 Å². The van der Waals surface area contributed by atoms with Crippen LogP contribution < -0.4 is 4.90 Å². The van der Waals surface area contributed by atoms with Gasteiger partial charge in [0.15, 0.2) is 0 Å². The van der Waals surface area contributed by atoms with Gasteiger partial charge in [-0.2, -0.15) is 0 Å². The lowest BCUT2D eigenvalue weighted by Crippen LogP contribution is -2.38. The molecule has 1 fully saturated rings. The molecule has 0 atom stereocenters. The lowest BCUT2D eigenvalue weighted by atomic mass is 10.1. The molecule has 1 aliphatic carbocycles. The highest BCUT2D eigenvalue weighted by molar-refractivity contribution is 5.93. The van der Waals surface area contributed by atoms with E-state index in [0.717, 1.165) is 63.1 Å². The van der Waals surface area contributed by atoms with E-state index in [1.165, 1.54) is 0 Å². The van der Waals surface area contributed by atoms with E-state index in [-0.39, 0.29) is 0 Å². The van der Waals surface area contributed by atoms with Crippen molar-refractivity contribution in [3.05, 3.63) is 22.9 Å². The summed E-state index contributed by atoms with van der Waals surface area (Å²) >= 11 is 0. The minimum absolute atomic E-state index is 0.300. The molecule has 114 valence electrons. The van der Waals surface area contributed by atoms with E-state index in [9.17, 15) is 9.90 Å². The van der Waals surface area contributed by atoms with Gasteiger partial charge in [-0.15, -0.1) is 0 Å². The molecular formula is C16H22N2O3. The van der Waals surface area contributed by atoms with Crippen LogP contribution >= 0.6 is 0 Å². The standard InChI is InChI=1S/C16H22N2O3/c1-2-21-12-6-8-18(9-7-12)15-13(16(19)20)10-11-4-3-5-14(11)17-15/h10,12H,2-9H2,1H3,(H,19,20). The minimum atomic E-state index is -0.876. The topological polar surface area (TPSA) is 62.7 Å². The van der Waals surface area contributed by atoms with E-state index in [0.29, 0.717) is 17.5 Å². The summed E-state index contributed by atoms with van der Waals surface area (Å²) in [6, 6.07) is 1.83. The average Bonchev–Trinajstić information content (AvgIpc) is 2.94. The van der Waals surface area contributed by atoms with Gasteiger partial charge < -0.3 is 14.7 Å². The normalized spacial score (nSPS) is 18.8. The summed E-state index contributed by atoms with van der Waals surface area (Å²) < 4.78 is 5.66. The molecule has 2 aliphatic rings. The molecule has 1 aromatic rings. The second-order valence-electron chi connectivity index (χ2n) is 5.77. The van der Waals surface area contributed by atoms with Crippen LogP contribution in [-0.2, 0) is 17.6 Å². The van der Waals surface area contributed by atoms with Crippen LogP contribution in [0.15, 0.2) is 6.07 Å². The van der Waals surface area contributed by atoms with Crippen LogP contribution in [-0.4, -0.2) is 41.9 Å². The van der Waals surface area contributed by atoms with Crippen LogP contribution in [0.2, 0.25) is 0 Å². The van der Waals surface area contributed by atoms with E-state index in [2.05, 4.69) is 9.88 Å². The predicted molar refractivity (Wildman–Crippen MR) is 80.1 cm³/mol. The molecule has 2 heterocycles. The monoisotopic (exact) mass is 290 g/mol. The van der Waals surface area contributed by atoms with Crippen LogP contribution in [0.1, 0.15) is 47.8 Å². The zero-order valence-electron chi connectivity index (χ0n) is 12.5. The van der Waals surface area contributed by atoms with Gasteiger partial charge in [0.1, 0.15) is 11.4 Å². The van der Waals surface area contributed by atoms with Crippen molar-refractivity contribution in [1.29, 1.82) is 0 Å². The Hall–Kier alpha value is -1.62. The Labute approximate surface area is 124 Å². The van der Waals surface area contributed by atoms with E-state index >= 15 is 0 Å². The number of ether oxygens (including phenoxy) is 1. The number of hydrogen-bond acceptors (Lipinski definition) is 4. The number of carboxylic acids is 1. The summed E-state index contributed by atoms with van der Waals surface area (Å²) in [4.78, 5) is 18.3. The fourth-order valence-corrected chi connectivity index (χ4v) is 3.33. The van der Waals surface area contributed by atoms with Crippen LogP contribution in [0, 0.1) is 0 Å². The molecule has 1 aliphatic heterocycles. The van der Waals surface area contributed by atoms with Gasteiger partial charge in [0.05, 0.1) is 6.10 Å². The number of fused-ring (bicyclic) bond motifs is 1. The smallest absolute Gasteiger partial charge is 0.339 e. The van der Waals surface area contributed by atoms with Crippen molar-refractivity contribution in [3.63, 3.8) is 0 Å². The summed E-state index contributed by atoms with van der Waals surface area (Å²) in [5, 5.41) is 9.47. The third-order valence-corrected chi connectivity index (χ3v) is 4.40. The zero-order chi connectivity index (χ0) is 14.8. The number of rotatable bonds is 4. The Morgan fingerprint density at radius 3 is 2.86 bits per heavy atom. The number of aromatic carboxylic acids is 1. The predicted octanol–water partition coefficient (Wildman–Crippen LogP) is 2.27. The first kappa shape index (κ1) is 14.3. The number of hydrogen-bond donors (Lipinski definition) is 1. The SMILES string of the molecule is CCOC1CCN(c2nc3c(cc2C(=O)O)CCC3)CC1. The van der Waals surface area contributed by atoms with Gasteiger partial charge in [-0.3, -0.25) is 0 Å². The van der Waals surface area contributed by atoms with Crippen LogP contribution in [0.5, 0.6) is 0 Å². The number of carbonyl (C=O) groups is 1. The molecule has 0 spiro atoms. The van der Waals surface area contributed by atoms with E-state index in [1.807, 2.05) is 13.0 Å². The van der Waals surface area contributed by atoms with Gasteiger partial charge in [-0.25, -0.2) is 9.78 Å². The van der Waals surface area contributed by atoms with Crippen molar-refractivity contribution in [2.24, 2.45) is 0 Å². The van der Waals surface area contributed by atoms with E-state index < -0.39 is 5.97 Å². The van der Waals surface area contributed by atoms with Gasteiger partial charge in [0.25, 0.3) is 0 Å². The maximum atomic E-state index is 11.5. The van der Waals surface area contributed by atoms with Crippen molar-refractivity contribution in [2.45, 2.75) is 45.1 Å². The Morgan fingerprint density at radius 2 is 2.19 bits per heavy atom. The molecule has 1 aromatic heterocycles. The molecule has 21 heavy (non-hydrogen) atoms. The molecule has 1 N–H and O–H groups in total. The lowest BCUT2D eigenvalue weighted by Gasteiger charge is -2.33. The van der Waals surface area contributed by atoms with Crippen LogP contribution in [0.3, 0.4) is 0 Å². The average molecular weight is 290 g/mol. The third kappa shape index (κ3) is 2.88.